The molecular weight excluding hydrogens is 156 g/mol. The first-order valence-electron chi connectivity index (χ1n) is 4.14. The highest BCUT2D eigenvalue weighted by atomic mass is 16.6. The van der Waals surface area contributed by atoms with Gasteiger partial charge in [-0.3, -0.25) is 15.1 Å². The topological polar surface area (TPSA) is 55.5 Å². The second kappa shape index (κ2) is 2.69. The van der Waals surface area contributed by atoms with Crippen molar-refractivity contribution in [3.05, 3.63) is 21.9 Å². The van der Waals surface area contributed by atoms with Crippen LogP contribution in [0.1, 0.15) is 19.3 Å². The fourth-order valence-electron chi connectivity index (χ4n) is 1.79. The highest BCUT2D eigenvalue weighted by Gasteiger charge is 2.29. The maximum Gasteiger partial charge on any atom is 0.247 e. The van der Waals surface area contributed by atoms with E-state index in [0.29, 0.717) is 18.0 Å². The van der Waals surface area contributed by atoms with E-state index in [0.717, 1.165) is 25.1 Å². The summed E-state index contributed by atoms with van der Waals surface area (Å²) in [6, 6.07) is 0. The molecule has 12 heavy (non-hydrogen) atoms. The third-order valence-electron chi connectivity index (χ3n) is 2.50. The van der Waals surface area contributed by atoms with Crippen LogP contribution in [0.3, 0.4) is 0 Å². The number of fused-ring (bicyclic) bond motifs is 1. The van der Waals surface area contributed by atoms with Crippen LogP contribution in [0, 0.1) is 16.0 Å². The van der Waals surface area contributed by atoms with Gasteiger partial charge in [-0.1, -0.05) is 0 Å². The van der Waals surface area contributed by atoms with E-state index in [4.69, 9.17) is 0 Å². The molecule has 0 fully saturated rings. The van der Waals surface area contributed by atoms with Crippen molar-refractivity contribution in [1.29, 1.82) is 0 Å². The molecule has 1 atom stereocenters. The van der Waals surface area contributed by atoms with E-state index < -0.39 is 0 Å². The van der Waals surface area contributed by atoms with E-state index in [1.165, 1.54) is 0 Å². The summed E-state index contributed by atoms with van der Waals surface area (Å²) in [5.74, 6) is 0.508. The SMILES string of the molecule is O=[N+]([O-])C1=CCC2CCN=C2C1. The quantitative estimate of drug-likeness (QED) is 0.436. The summed E-state index contributed by atoms with van der Waals surface area (Å²) in [5, 5.41) is 10.4. The number of aliphatic imine (C=N–C) groups is 1. The predicted octanol–water partition coefficient (Wildman–Crippen LogP) is 1.40. The zero-order valence-corrected chi connectivity index (χ0v) is 6.69. The van der Waals surface area contributed by atoms with E-state index in [1.54, 1.807) is 6.08 Å². The monoisotopic (exact) mass is 166 g/mol. The molecule has 2 aliphatic rings. The molecule has 0 bridgehead atoms. The van der Waals surface area contributed by atoms with Gasteiger partial charge in [-0.15, -0.1) is 0 Å². The number of rotatable bonds is 1. The molecule has 0 saturated carbocycles. The van der Waals surface area contributed by atoms with Crippen molar-refractivity contribution >= 4 is 5.71 Å². The van der Waals surface area contributed by atoms with Crippen LogP contribution in [0.15, 0.2) is 16.8 Å². The lowest BCUT2D eigenvalue weighted by atomic mass is 9.90. The van der Waals surface area contributed by atoms with E-state index in [9.17, 15) is 10.1 Å². The molecule has 1 aliphatic heterocycles. The Morgan fingerprint density at radius 1 is 1.67 bits per heavy atom. The molecule has 0 aromatic heterocycles. The Kier molecular flexibility index (Phi) is 1.67. The van der Waals surface area contributed by atoms with Gasteiger partial charge in [0.1, 0.15) is 0 Å². The van der Waals surface area contributed by atoms with Crippen molar-refractivity contribution in [3.8, 4) is 0 Å². The third-order valence-corrected chi connectivity index (χ3v) is 2.50. The van der Waals surface area contributed by atoms with E-state index in [-0.39, 0.29) is 4.92 Å². The fraction of sp³-hybridized carbons (Fsp3) is 0.625. The third kappa shape index (κ3) is 1.13. The van der Waals surface area contributed by atoms with Crippen LogP contribution in [0.25, 0.3) is 0 Å². The standard InChI is InChI=1S/C8H10N2O2/c11-10(12)7-2-1-6-3-4-9-8(6)5-7/h2,6H,1,3-5H2. The van der Waals surface area contributed by atoms with E-state index in [2.05, 4.69) is 4.99 Å². The van der Waals surface area contributed by atoms with Crippen LogP contribution < -0.4 is 0 Å². The van der Waals surface area contributed by atoms with Gasteiger partial charge >= 0.3 is 0 Å². The first-order valence-corrected chi connectivity index (χ1v) is 4.14. The van der Waals surface area contributed by atoms with Crippen molar-refractivity contribution in [3.63, 3.8) is 0 Å². The molecule has 0 amide bonds. The largest absolute Gasteiger partial charge is 0.293 e. The lowest BCUT2D eigenvalue weighted by Crippen LogP contribution is -2.17. The number of nitrogens with zero attached hydrogens (tertiary/aromatic N) is 2. The van der Waals surface area contributed by atoms with Crippen LogP contribution >= 0.6 is 0 Å². The normalized spacial score (nSPS) is 27.5. The number of hydrogen-bond donors (Lipinski definition) is 0. The minimum absolute atomic E-state index is 0.295. The molecule has 0 aromatic carbocycles. The summed E-state index contributed by atoms with van der Waals surface area (Å²) >= 11 is 0. The number of nitro groups is 1. The van der Waals surface area contributed by atoms with Gasteiger partial charge < -0.3 is 0 Å². The van der Waals surface area contributed by atoms with Crippen LogP contribution in [0.4, 0.5) is 0 Å². The van der Waals surface area contributed by atoms with Crippen LogP contribution in [0.2, 0.25) is 0 Å². The van der Waals surface area contributed by atoms with E-state index in [1.807, 2.05) is 0 Å². The minimum Gasteiger partial charge on any atom is -0.293 e. The second-order valence-electron chi connectivity index (χ2n) is 3.22. The van der Waals surface area contributed by atoms with Crippen molar-refractivity contribution < 1.29 is 4.92 Å². The summed E-state index contributed by atoms with van der Waals surface area (Å²) in [6.07, 6.45) is 4.11. The molecule has 2 rings (SSSR count). The first-order chi connectivity index (χ1) is 5.77. The molecule has 1 heterocycles. The molecule has 0 N–H and O–H groups in total. The van der Waals surface area contributed by atoms with Crippen molar-refractivity contribution in [2.24, 2.45) is 10.9 Å². The molecule has 0 radical (unpaired) electrons. The van der Waals surface area contributed by atoms with Gasteiger partial charge in [0.05, 0.1) is 11.3 Å². The molecule has 0 spiro atoms. The summed E-state index contributed by atoms with van der Waals surface area (Å²) < 4.78 is 0. The van der Waals surface area contributed by atoms with Crippen molar-refractivity contribution in [2.75, 3.05) is 6.54 Å². The average molecular weight is 166 g/mol. The Morgan fingerprint density at radius 2 is 2.50 bits per heavy atom. The molecule has 0 aromatic rings. The molecule has 4 nitrogen and oxygen atoms in total. The number of allylic oxidation sites excluding steroid dienone is 2. The molecule has 4 heteroatoms. The zero-order valence-electron chi connectivity index (χ0n) is 6.69. The average Bonchev–Trinajstić information content (AvgIpc) is 2.49. The van der Waals surface area contributed by atoms with Gasteiger partial charge in [0.25, 0.3) is 0 Å². The number of hydrogen-bond acceptors (Lipinski definition) is 3. The van der Waals surface area contributed by atoms with E-state index >= 15 is 0 Å². The Labute approximate surface area is 70.1 Å². The fourth-order valence-corrected chi connectivity index (χ4v) is 1.79. The Hall–Kier alpha value is -1.19. The summed E-state index contributed by atoms with van der Waals surface area (Å²) in [5.41, 5.74) is 1.37. The Bertz CT molecular complexity index is 281. The Morgan fingerprint density at radius 3 is 3.25 bits per heavy atom. The predicted molar refractivity (Wildman–Crippen MR) is 44.7 cm³/mol. The van der Waals surface area contributed by atoms with Gasteiger partial charge in [0, 0.05) is 18.2 Å². The minimum atomic E-state index is -0.295. The summed E-state index contributed by atoms with van der Waals surface area (Å²) in [7, 11) is 0. The summed E-state index contributed by atoms with van der Waals surface area (Å²) in [6.45, 7) is 0.860. The Balaban J connectivity index is 2.18. The van der Waals surface area contributed by atoms with Crippen LogP contribution in [-0.2, 0) is 0 Å². The maximum absolute atomic E-state index is 10.4. The lowest BCUT2D eigenvalue weighted by molar-refractivity contribution is -0.426. The van der Waals surface area contributed by atoms with Gasteiger partial charge in [-0.05, 0) is 18.9 Å². The molecular formula is C8H10N2O2. The second-order valence-corrected chi connectivity index (χ2v) is 3.22. The zero-order chi connectivity index (χ0) is 8.55. The van der Waals surface area contributed by atoms with Gasteiger partial charge in [-0.25, -0.2) is 0 Å². The molecule has 0 saturated heterocycles. The highest BCUT2D eigenvalue weighted by Crippen LogP contribution is 2.28. The lowest BCUT2D eigenvalue weighted by Gasteiger charge is -2.13. The highest BCUT2D eigenvalue weighted by molar-refractivity contribution is 5.90. The van der Waals surface area contributed by atoms with Crippen LogP contribution in [-0.4, -0.2) is 17.2 Å². The van der Waals surface area contributed by atoms with Gasteiger partial charge in [-0.2, -0.15) is 0 Å². The van der Waals surface area contributed by atoms with Gasteiger partial charge in [0.2, 0.25) is 5.70 Å². The van der Waals surface area contributed by atoms with Gasteiger partial charge in [0.15, 0.2) is 0 Å². The van der Waals surface area contributed by atoms with Crippen molar-refractivity contribution in [1.82, 2.24) is 0 Å². The summed E-state index contributed by atoms with van der Waals surface area (Å²) in [4.78, 5) is 14.4. The maximum atomic E-state index is 10.4. The molecule has 1 unspecified atom stereocenters. The molecule has 64 valence electrons. The van der Waals surface area contributed by atoms with Crippen LogP contribution in [0.5, 0.6) is 0 Å². The van der Waals surface area contributed by atoms with Crippen molar-refractivity contribution in [2.45, 2.75) is 19.3 Å². The molecule has 1 aliphatic carbocycles. The first kappa shape index (κ1) is 7.46. The smallest absolute Gasteiger partial charge is 0.247 e.